The zero-order valence-electron chi connectivity index (χ0n) is 11.3. The minimum absolute atomic E-state index is 0.0406. The van der Waals surface area contributed by atoms with Crippen molar-refractivity contribution in [2.75, 3.05) is 39.6 Å². The third-order valence-corrected chi connectivity index (χ3v) is 2.48. The van der Waals surface area contributed by atoms with Crippen LogP contribution in [0.3, 0.4) is 0 Å². The summed E-state index contributed by atoms with van der Waals surface area (Å²) in [6, 6.07) is 0. The van der Waals surface area contributed by atoms with Crippen LogP contribution < -0.4 is 0 Å². The minimum Gasteiger partial charge on any atom is -0.394 e. The first kappa shape index (κ1) is 17.3. The van der Waals surface area contributed by atoms with E-state index in [1.54, 1.807) is 12.2 Å². The first-order chi connectivity index (χ1) is 8.78. The second kappa shape index (κ2) is 12.8. The summed E-state index contributed by atoms with van der Waals surface area (Å²) in [5.41, 5.74) is 0. The molecule has 2 atom stereocenters. The lowest BCUT2D eigenvalue weighted by Crippen LogP contribution is -2.28. The number of rotatable bonds is 13. The Labute approximate surface area is 110 Å². The van der Waals surface area contributed by atoms with Gasteiger partial charge in [0.05, 0.1) is 39.6 Å². The zero-order valence-corrected chi connectivity index (χ0v) is 11.3. The van der Waals surface area contributed by atoms with Gasteiger partial charge in [-0.05, 0) is 6.42 Å². The van der Waals surface area contributed by atoms with Gasteiger partial charge in [-0.15, -0.1) is 13.2 Å². The molecule has 0 radical (unpaired) electrons. The SMILES string of the molecule is C=CCOCC(CC)COC(CO)COCC=C. The fourth-order valence-electron chi connectivity index (χ4n) is 1.31. The molecule has 1 N–H and O–H groups in total. The van der Waals surface area contributed by atoms with Crippen LogP contribution in [-0.2, 0) is 14.2 Å². The predicted octanol–water partition coefficient (Wildman–Crippen LogP) is 1.80. The molecule has 0 saturated heterocycles. The van der Waals surface area contributed by atoms with Gasteiger partial charge < -0.3 is 19.3 Å². The third kappa shape index (κ3) is 9.36. The topological polar surface area (TPSA) is 47.9 Å². The minimum atomic E-state index is -0.279. The van der Waals surface area contributed by atoms with Crippen molar-refractivity contribution in [2.24, 2.45) is 5.92 Å². The summed E-state index contributed by atoms with van der Waals surface area (Å²) in [5, 5.41) is 9.15. The zero-order chi connectivity index (χ0) is 13.6. The van der Waals surface area contributed by atoms with Crippen molar-refractivity contribution >= 4 is 0 Å². The summed E-state index contributed by atoms with van der Waals surface area (Å²) in [7, 11) is 0. The summed E-state index contributed by atoms with van der Waals surface area (Å²) in [4.78, 5) is 0. The standard InChI is InChI=1S/C14H26O4/c1-4-7-16-10-13(6-3)11-18-14(9-15)12-17-8-5-2/h4-5,13-15H,1-2,6-12H2,3H3. The maximum Gasteiger partial charge on any atom is 0.104 e. The Morgan fingerprint density at radius 2 is 1.67 bits per heavy atom. The highest BCUT2D eigenvalue weighted by Gasteiger charge is 2.12. The molecule has 18 heavy (non-hydrogen) atoms. The number of hydrogen-bond acceptors (Lipinski definition) is 4. The van der Waals surface area contributed by atoms with Crippen molar-refractivity contribution in [3.05, 3.63) is 25.3 Å². The van der Waals surface area contributed by atoms with Gasteiger partial charge in [-0.1, -0.05) is 19.1 Å². The van der Waals surface area contributed by atoms with E-state index in [0.29, 0.717) is 39.0 Å². The van der Waals surface area contributed by atoms with Crippen LogP contribution in [0.5, 0.6) is 0 Å². The Hall–Kier alpha value is -0.680. The Bertz CT molecular complexity index is 184. The van der Waals surface area contributed by atoms with Gasteiger partial charge in [0.2, 0.25) is 0 Å². The smallest absolute Gasteiger partial charge is 0.104 e. The van der Waals surface area contributed by atoms with Gasteiger partial charge in [0.15, 0.2) is 0 Å². The second-order valence-electron chi connectivity index (χ2n) is 4.06. The molecule has 0 aromatic heterocycles. The number of aliphatic hydroxyl groups excluding tert-OH is 1. The van der Waals surface area contributed by atoms with Gasteiger partial charge >= 0.3 is 0 Å². The third-order valence-electron chi connectivity index (χ3n) is 2.48. The van der Waals surface area contributed by atoms with Crippen molar-refractivity contribution in [3.63, 3.8) is 0 Å². The Morgan fingerprint density at radius 1 is 1.06 bits per heavy atom. The van der Waals surface area contributed by atoms with E-state index in [9.17, 15) is 0 Å². The molecule has 4 nitrogen and oxygen atoms in total. The van der Waals surface area contributed by atoms with E-state index < -0.39 is 0 Å². The van der Waals surface area contributed by atoms with E-state index in [4.69, 9.17) is 19.3 Å². The largest absolute Gasteiger partial charge is 0.394 e. The number of ether oxygens (including phenoxy) is 3. The molecule has 2 unspecified atom stereocenters. The van der Waals surface area contributed by atoms with Gasteiger partial charge in [-0.3, -0.25) is 0 Å². The van der Waals surface area contributed by atoms with Crippen LogP contribution in [0.1, 0.15) is 13.3 Å². The predicted molar refractivity (Wildman–Crippen MR) is 72.6 cm³/mol. The number of hydrogen-bond donors (Lipinski definition) is 1. The highest BCUT2D eigenvalue weighted by atomic mass is 16.5. The van der Waals surface area contributed by atoms with Crippen LogP contribution in [-0.4, -0.2) is 50.9 Å². The molecule has 0 aromatic carbocycles. The molecular weight excluding hydrogens is 232 g/mol. The molecule has 0 aliphatic heterocycles. The Balaban J connectivity index is 3.76. The molecule has 0 fully saturated rings. The monoisotopic (exact) mass is 258 g/mol. The molecular formula is C14H26O4. The second-order valence-corrected chi connectivity index (χ2v) is 4.06. The van der Waals surface area contributed by atoms with Crippen molar-refractivity contribution in [1.82, 2.24) is 0 Å². The Kier molecular flexibility index (Phi) is 12.3. The van der Waals surface area contributed by atoms with E-state index in [1.165, 1.54) is 0 Å². The fourth-order valence-corrected chi connectivity index (χ4v) is 1.31. The summed E-state index contributed by atoms with van der Waals surface area (Å²) < 4.78 is 16.3. The lowest BCUT2D eigenvalue weighted by Gasteiger charge is -2.20. The van der Waals surface area contributed by atoms with Gasteiger partial charge in [-0.25, -0.2) is 0 Å². The van der Waals surface area contributed by atoms with Crippen molar-refractivity contribution in [3.8, 4) is 0 Å². The summed E-state index contributed by atoms with van der Waals surface area (Å²) in [5.74, 6) is 0.332. The molecule has 0 spiro atoms. The first-order valence-electron chi connectivity index (χ1n) is 6.38. The van der Waals surface area contributed by atoms with E-state index in [0.717, 1.165) is 6.42 Å². The molecule has 0 aliphatic carbocycles. The normalized spacial score (nSPS) is 14.1. The fraction of sp³-hybridized carbons (Fsp3) is 0.714. The Morgan fingerprint density at radius 3 is 2.17 bits per heavy atom. The summed E-state index contributed by atoms with van der Waals surface area (Å²) in [6.07, 6.45) is 4.10. The van der Waals surface area contributed by atoms with E-state index in [1.807, 2.05) is 0 Å². The number of aliphatic hydroxyl groups is 1. The van der Waals surface area contributed by atoms with Crippen LogP contribution in [0.2, 0.25) is 0 Å². The van der Waals surface area contributed by atoms with Crippen molar-refractivity contribution < 1.29 is 19.3 Å². The van der Waals surface area contributed by atoms with Crippen molar-refractivity contribution in [2.45, 2.75) is 19.4 Å². The van der Waals surface area contributed by atoms with Gasteiger partial charge in [0, 0.05) is 5.92 Å². The van der Waals surface area contributed by atoms with Gasteiger partial charge in [-0.2, -0.15) is 0 Å². The quantitative estimate of drug-likeness (QED) is 0.404. The van der Waals surface area contributed by atoms with Crippen LogP contribution in [0.25, 0.3) is 0 Å². The molecule has 0 saturated carbocycles. The van der Waals surface area contributed by atoms with Crippen LogP contribution in [0, 0.1) is 5.92 Å². The lowest BCUT2D eigenvalue weighted by atomic mass is 10.1. The first-order valence-corrected chi connectivity index (χ1v) is 6.38. The molecule has 0 aliphatic rings. The van der Waals surface area contributed by atoms with Crippen LogP contribution in [0.4, 0.5) is 0 Å². The summed E-state index contributed by atoms with van der Waals surface area (Å²) >= 11 is 0. The average molecular weight is 258 g/mol. The van der Waals surface area contributed by atoms with E-state index >= 15 is 0 Å². The maximum absolute atomic E-state index is 9.15. The van der Waals surface area contributed by atoms with Crippen LogP contribution >= 0.6 is 0 Å². The molecule has 4 heteroatoms. The summed E-state index contributed by atoms with van der Waals surface area (Å²) in [6.45, 7) is 11.8. The molecule has 0 aromatic rings. The van der Waals surface area contributed by atoms with Crippen molar-refractivity contribution in [1.29, 1.82) is 0 Å². The highest BCUT2D eigenvalue weighted by Crippen LogP contribution is 2.06. The molecule has 0 rings (SSSR count). The van der Waals surface area contributed by atoms with Crippen LogP contribution in [0.15, 0.2) is 25.3 Å². The maximum atomic E-state index is 9.15. The lowest BCUT2D eigenvalue weighted by molar-refractivity contribution is -0.0575. The van der Waals surface area contributed by atoms with Gasteiger partial charge in [0.1, 0.15) is 6.10 Å². The van der Waals surface area contributed by atoms with E-state index in [2.05, 4.69) is 20.1 Å². The highest BCUT2D eigenvalue weighted by molar-refractivity contribution is 4.67. The van der Waals surface area contributed by atoms with Gasteiger partial charge in [0.25, 0.3) is 0 Å². The molecule has 0 bridgehead atoms. The van der Waals surface area contributed by atoms with E-state index in [-0.39, 0.29) is 12.7 Å². The molecule has 0 amide bonds. The average Bonchev–Trinajstić information content (AvgIpc) is 2.40. The molecule has 0 heterocycles. The molecule has 106 valence electrons.